The molecule has 1 amide bonds. The van der Waals surface area contributed by atoms with Crippen molar-refractivity contribution in [2.24, 2.45) is 0 Å². The van der Waals surface area contributed by atoms with Gasteiger partial charge in [0, 0.05) is 4.88 Å². The summed E-state index contributed by atoms with van der Waals surface area (Å²) in [6.45, 7) is 1.87. The number of esters is 1. The second-order valence-electron chi connectivity index (χ2n) is 5.62. The van der Waals surface area contributed by atoms with Crippen LogP contribution in [0.25, 0.3) is 10.4 Å². The molecule has 1 aromatic carbocycles. The Bertz CT molecular complexity index is 1010. The Morgan fingerprint density at radius 1 is 1.11 bits per heavy atom. The molecule has 0 spiro atoms. The van der Waals surface area contributed by atoms with Crippen LogP contribution in [-0.4, -0.2) is 24.0 Å². The number of carbonyl (C=O) groups is 2. The molecule has 138 valence electrons. The smallest absolute Gasteiger partial charge is 0.337 e. The first-order valence-electron chi connectivity index (χ1n) is 7.80. The van der Waals surface area contributed by atoms with Crippen molar-refractivity contribution in [3.05, 3.63) is 70.4 Å². The topological polar surface area (TPSA) is 68.3 Å². The van der Waals surface area contributed by atoms with E-state index in [1.54, 1.807) is 30.3 Å². The first-order valence-corrected chi connectivity index (χ1v) is 8.62. The molecule has 0 unspecified atom stereocenters. The molecule has 0 aliphatic rings. The number of rotatable bonds is 4. The van der Waals surface area contributed by atoms with E-state index in [4.69, 9.17) is 4.74 Å². The summed E-state index contributed by atoms with van der Waals surface area (Å²) in [7, 11) is 1.30. The number of halogens is 2. The van der Waals surface area contributed by atoms with Crippen molar-refractivity contribution in [3.63, 3.8) is 0 Å². The number of hydrogen-bond acceptors (Lipinski definition) is 5. The molecular weight excluding hydrogens is 374 g/mol. The number of pyridine rings is 1. The fraction of sp³-hybridized carbons (Fsp3) is 0.105. The highest BCUT2D eigenvalue weighted by molar-refractivity contribution is 7.17. The Labute approximate surface area is 157 Å². The SMILES string of the molecule is COC(=O)c1ccc(C)c(-c2ccc(C(=O)Nc3c(F)cncc3F)s2)c1. The van der Waals surface area contributed by atoms with Crippen LogP contribution in [0.1, 0.15) is 25.6 Å². The molecule has 5 nitrogen and oxygen atoms in total. The largest absolute Gasteiger partial charge is 0.465 e. The number of nitrogens with zero attached hydrogens (tertiary/aromatic N) is 1. The van der Waals surface area contributed by atoms with Crippen LogP contribution in [0.3, 0.4) is 0 Å². The van der Waals surface area contributed by atoms with Crippen LogP contribution in [0, 0.1) is 18.6 Å². The maximum absolute atomic E-state index is 13.6. The first-order chi connectivity index (χ1) is 12.9. The van der Waals surface area contributed by atoms with Crippen molar-refractivity contribution in [3.8, 4) is 10.4 Å². The van der Waals surface area contributed by atoms with Gasteiger partial charge in [0.1, 0.15) is 5.69 Å². The van der Waals surface area contributed by atoms with Gasteiger partial charge in [-0.15, -0.1) is 11.3 Å². The van der Waals surface area contributed by atoms with Gasteiger partial charge < -0.3 is 10.1 Å². The lowest BCUT2D eigenvalue weighted by Gasteiger charge is -2.07. The quantitative estimate of drug-likeness (QED) is 0.671. The summed E-state index contributed by atoms with van der Waals surface area (Å²) in [6, 6.07) is 8.37. The molecule has 0 aliphatic heterocycles. The lowest BCUT2D eigenvalue weighted by molar-refractivity contribution is 0.0600. The van der Waals surface area contributed by atoms with Gasteiger partial charge in [0.2, 0.25) is 0 Å². The number of anilines is 1. The number of methoxy groups -OCH3 is 1. The average molecular weight is 388 g/mol. The van der Waals surface area contributed by atoms with Crippen LogP contribution in [0.2, 0.25) is 0 Å². The fourth-order valence-corrected chi connectivity index (χ4v) is 3.43. The summed E-state index contributed by atoms with van der Waals surface area (Å²) >= 11 is 1.14. The van der Waals surface area contributed by atoms with Crippen molar-refractivity contribution in [1.29, 1.82) is 0 Å². The second-order valence-corrected chi connectivity index (χ2v) is 6.70. The van der Waals surface area contributed by atoms with E-state index in [2.05, 4.69) is 10.3 Å². The molecule has 2 aromatic heterocycles. The zero-order valence-corrected chi connectivity index (χ0v) is 15.2. The number of aryl methyl sites for hydroxylation is 1. The van der Waals surface area contributed by atoms with Gasteiger partial charge in [0.15, 0.2) is 11.6 Å². The number of carbonyl (C=O) groups excluding carboxylic acids is 2. The molecule has 27 heavy (non-hydrogen) atoms. The van der Waals surface area contributed by atoms with E-state index in [-0.39, 0.29) is 4.88 Å². The highest BCUT2D eigenvalue weighted by atomic mass is 32.1. The number of ether oxygens (including phenoxy) is 1. The van der Waals surface area contributed by atoms with E-state index in [9.17, 15) is 18.4 Å². The molecule has 8 heteroatoms. The summed E-state index contributed by atoms with van der Waals surface area (Å²) in [5.74, 6) is -3.02. The van der Waals surface area contributed by atoms with Gasteiger partial charge in [-0.1, -0.05) is 6.07 Å². The number of amides is 1. The molecule has 0 saturated carbocycles. The van der Waals surface area contributed by atoms with Crippen molar-refractivity contribution in [2.45, 2.75) is 6.92 Å². The minimum absolute atomic E-state index is 0.267. The van der Waals surface area contributed by atoms with Gasteiger partial charge in [0.25, 0.3) is 5.91 Å². The Morgan fingerprint density at radius 2 is 1.81 bits per heavy atom. The lowest BCUT2D eigenvalue weighted by Crippen LogP contribution is -2.13. The van der Waals surface area contributed by atoms with E-state index >= 15 is 0 Å². The minimum atomic E-state index is -0.957. The third-order valence-corrected chi connectivity index (χ3v) is 4.96. The van der Waals surface area contributed by atoms with Gasteiger partial charge >= 0.3 is 5.97 Å². The summed E-state index contributed by atoms with van der Waals surface area (Å²) in [6.07, 6.45) is 1.64. The summed E-state index contributed by atoms with van der Waals surface area (Å²) < 4.78 is 32.0. The van der Waals surface area contributed by atoms with Crippen molar-refractivity contribution in [2.75, 3.05) is 12.4 Å². The summed E-state index contributed by atoms with van der Waals surface area (Å²) in [4.78, 5) is 28.4. The molecule has 0 aliphatic carbocycles. The van der Waals surface area contributed by atoms with Crippen molar-refractivity contribution in [1.82, 2.24) is 4.98 Å². The van der Waals surface area contributed by atoms with E-state index in [1.807, 2.05) is 6.92 Å². The molecule has 0 atom stereocenters. The van der Waals surface area contributed by atoms with Crippen LogP contribution in [-0.2, 0) is 4.74 Å². The van der Waals surface area contributed by atoms with E-state index in [0.29, 0.717) is 5.56 Å². The highest BCUT2D eigenvalue weighted by Gasteiger charge is 2.17. The maximum Gasteiger partial charge on any atom is 0.337 e. The maximum atomic E-state index is 13.6. The molecule has 3 aromatic rings. The minimum Gasteiger partial charge on any atom is -0.465 e. The van der Waals surface area contributed by atoms with E-state index < -0.39 is 29.2 Å². The second kappa shape index (κ2) is 7.63. The molecule has 0 saturated heterocycles. The fourth-order valence-electron chi connectivity index (χ4n) is 2.44. The molecule has 2 heterocycles. The first kappa shape index (κ1) is 18.7. The van der Waals surface area contributed by atoms with Crippen LogP contribution in [0.4, 0.5) is 14.5 Å². The van der Waals surface area contributed by atoms with Crippen molar-refractivity contribution < 1.29 is 23.1 Å². The molecule has 0 bridgehead atoms. The predicted molar refractivity (Wildman–Crippen MR) is 97.9 cm³/mol. The number of aromatic nitrogens is 1. The van der Waals surface area contributed by atoms with E-state index in [0.717, 1.165) is 39.7 Å². The number of hydrogen-bond donors (Lipinski definition) is 1. The van der Waals surface area contributed by atoms with Gasteiger partial charge in [-0.25, -0.2) is 13.6 Å². The Hall–Kier alpha value is -3.13. The number of nitrogens with one attached hydrogen (secondary N) is 1. The zero-order chi connectivity index (χ0) is 19.6. The Morgan fingerprint density at radius 3 is 2.48 bits per heavy atom. The molecule has 0 radical (unpaired) electrons. The predicted octanol–water partition coefficient (Wildman–Crippen LogP) is 4.44. The van der Waals surface area contributed by atoms with Gasteiger partial charge in [-0.05, 0) is 42.3 Å². The number of thiophene rings is 1. The average Bonchev–Trinajstić information content (AvgIpc) is 3.14. The van der Waals surface area contributed by atoms with Gasteiger partial charge in [0.05, 0.1) is 29.9 Å². The Balaban J connectivity index is 1.89. The Kier molecular flexibility index (Phi) is 5.27. The van der Waals surface area contributed by atoms with Crippen LogP contribution in [0.15, 0.2) is 42.7 Å². The van der Waals surface area contributed by atoms with Gasteiger partial charge in [-0.2, -0.15) is 0 Å². The molecule has 1 N–H and O–H groups in total. The van der Waals surface area contributed by atoms with Crippen LogP contribution in [0.5, 0.6) is 0 Å². The van der Waals surface area contributed by atoms with E-state index in [1.165, 1.54) is 7.11 Å². The molecular formula is C19H14F2N2O3S. The molecule has 0 fully saturated rings. The highest BCUT2D eigenvalue weighted by Crippen LogP contribution is 2.32. The zero-order valence-electron chi connectivity index (χ0n) is 14.4. The third-order valence-electron chi connectivity index (χ3n) is 3.85. The monoisotopic (exact) mass is 388 g/mol. The summed E-state index contributed by atoms with van der Waals surface area (Å²) in [5, 5.41) is 2.22. The third kappa shape index (κ3) is 3.85. The standard InChI is InChI=1S/C19H14F2N2O3S/c1-10-3-4-11(19(25)26-2)7-12(10)15-5-6-16(27-15)18(24)23-17-13(20)8-22-9-14(17)21/h3-9H,1-2H3,(H,22,23,24). The van der Waals surface area contributed by atoms with Crippen LogP contribution >= 0.6 is 11.3 Å². The lowest BCUT2D eigenvalue weighted by atomic mass is 10.0. The normalized spacial score (nSPS) is 10.5. The molecule has 3 rings (SSSR count). The van der Waals surface area contributed by atoms with Crippen LogP contribution < -0.4 is 5.32 Å². The van der Waals surface area contributed by atoms with Gasteiger partial charge in [-0.3, -0.25) is 9.78 Å². The summed E-state index contributed by atoms with van der Waals surface area (Å²) in [5.41, 5.74) is 1.51. The number of benzene rings is 1. The van der Waals surface area contributed by atoms with Crippen molar-refractivity contribution >= 4 is 28.9 Å².